The van der Waals surface area contributed by atoms with Gasteiger partial charge in [-0.05, 0) is 41.1 Å². The van der Waals surface area contributed by atoms with E-state index in [0.29, 0.717) is 23.7 Å². The Balaban J connectivity index is 1.23. The number of anilines is 1. The number of hydrogen-bond donors (Lipinski definition) is 1. The first-order chi connectivity index (χ1) is 15.6. The van der Waals surface area contributed by atoms with E-state index >= 15 is 0 Å². The maximum absolute atomic E-state index is 12.9. The van der Waals surface area contributed by atoms with E-state index in [1.165, 1.54) is 22.6 Å². The van der Waals surface area contributed by atoms with Crippen molar-refractivity contribution in [3.63, 3.8) is 0 Å². The molecule has 162 valence electrons. The number of nitrogens with zero attached hydrogens (tertiary/aromatic N) is 3. The van der Waals surface area contributed by atoms with Crippen LogP contribution in [-0.2, 0) is 25.9 Å². The van der Waals surface area contributed by atoms with E-state index in [4.69, 9.17) is 17.3 Å². The normalized spacial score (nSPS) is 13.9. The van der Waals surface area contributed by atoms with Gasteiger partial charge in [-0.1, -0.05) is 35.9 Å². The first-order valence-corrected chi connectivity index (χ1v) is 11.9. The highest BCUT2D eigenvalue weighted by molar-refractivity contribution is 7.14. The molecule has 0 aliphatic carbocycles. The first kappa shape index (κ1) is 21.1. The van der Waals surface area contributed by atoms with Crippen LogP contribution < -0.4 is 5.73 Å². The number of aryl methyl sites for hydroxylation is 1. The molecule has 0 atom stereocenters. The van der Waals surface area contributed by atoms with Gasteiger partial charge in [0.05, 0.1) is 9.90 Å². The van der Waals surface area contributed by atoms with Crippen LogP contribution >= 0.6 is 22.9 Å². The van der Waals surface area contributed by atoms with Gasteiger partial charge in [-0.15, -0.1) is 11.3 Å². The third kappa shape index (κ3) is 4.39. The van der Waals surface area contributed by atoms with E-state index < -0.39 is 0 Å². The van der Waals surface area contributed by atoms with E-state index in [1.54, 1.807) is 6.20 Å². The quantitative estimate of drug-likeness (QED) is 0.393. The largest absolute Gasteiger partial charge is 0.383 e. The zero-order valence-electron chi connectivity index (χ0n) is 17.6. The third-order valence-corrected chi connectivity index (χ3v) is 7.55. The Kier molecular flexibility index (Phi) is 5.91. The summed E-state index contributed by atoms with van der Waals surface area (Å²) in [5.74, 6) is 0.657. The maximum Gasteiger partial charge on any atom is 0.173 e. The van der Waals surface area contributed by atoms with Crippen LogP contribution in [0.1, 0.15) is 37.8 Å². The molecule has 1 aliphatic rings. The number of pyridine rings is 2. The van der Waals surface area contributed by atoms with Gasteiger partial charge in [0.1, 0.15) is 5.82 Å². The molecule has 0 radical (unpaired) electrons. The monoisotopic (exact) mass is 462 g/mol. The predicted molar refractivity (Wildman–Crippen MR) is 130 cm³/mol. The molecule has 0 saturated heterocycles. The summed E-state index contributed by atoms with van der Waals surface area (Å²) in [6.07, 6.45) is 5.63. The van der Waals surface area contributed by atoms with Gasteiger partial charge in [0, 0.05) is 60.8 Å². The fourth-order valence-electron chi connectivity index (χ4n) is 4.20. The number of hydrogen-bond acceptors (Lipinski definition) is 6. The molecule has 4 heterocycles. The Morgan fingerprint density at radius 1 is 1.16 bits per heavy atom. The lowest BCUT2D eigenvalue weighted by Crippen LogP contribution is -2.30. The lowest BCUT2D eigenvalue weighted by molar-refractivity contribution is 0.0986. The van der Waals surface area contributed by atoms with E-state index in [0.717, 1.165) is 52.1 Å². The van der Waals surface area contributed by atoms with E-state index in [9.17, 15) is 4.79 Å². The molecule has 4 aromatic rings. The molecule has 7 heteroatoms. The Bertz CT molecular complexity index is 1300. The molecule has 5 rings (SSSR count). The van der Waals surface area contributed by atoms with Crippen molar-refractivity contribution < 1.29 is 4.79 Å². The maximum atomic E-state index is 12.9. The fourth-order valence-corrected chi connectivity index (χ4v) is 5.61. The van der Waals surface area contributed by atoms with Gasteiger partial charge in [0.25, 0.3) is 0 Å². The van der Waals surface area contributed by atoms with E-state index in [-0.39, 0.29) is 5.78 Å². The minimum Gasteiger partial charge on any atom is -0.383 e. The van der Waals surface area contributed by atoms with Gasteiger partial charge in [-0.3, -0.25) is 14.7 Å². The van der Waals surface area contributed by atoms with Crippen molar-refractivity contribution >= 4 is 45.3 Å². The van der Waals surface area contributed by atoms with Crippen LogP contribution in [0.4, 0.5) is 5.82 Å². The number of benzene rings is 1. The average Bonchev–Trinajstić information content (AvgIpc) is 3.17. The molecule has 3 aromatic heterocycles. The summed E-state index contributed by atoms with van der Waals surface area (Å²) in [7, 11) is 0. The van der Waals surface area contributed by atoms with Crippen LogP contribution in [-0.4, -0.2) is 27.2 Å². The van der Waals surface area contributed by atoms with Crippen molar-refractivity contribution in [2.24, 2.45) is 0 Å². The van der Waals surface area contributed by atoms with Crippen molar-refractivity contribution in [2.75, 3.05) is 12.3 Å². The van der Waals surface area contributed by atoms with Gasteiger partial charge >= 0.3 is 0 Å². The number of carbonyl (C=O) groups excluding carboxylic acids is 1. The highest BCUT2D eigenvalue weighted by atomic mass is 35.5. The molecule has 0 spiro atoms. The second-order valence-electron chi connectivity index (χ2n) is 8.13. The van der Waals surface area contributed by atoms with E-state index in [2.05, 4.69) is 27.0 Å². The summed E-state index contributed by atoms with van der Waals surface area (Å²) < 4.78 is 0. The summed E-state index contributed by atoms with van der Waals surface area (Å²) >= 11 is 8.03. The van der Waals surface area contributed by atoms with Crippen molar-refractivity contribution in [1.29, 1.82) is 0 Å². The molecule has 0 bridgehead atoms. The zero-order chi connectivity index (χ0) is 22.1. The van der Waals surface area contributed by atoms with Gasteiger partial charge < -0.3 is 5.73 Å². The van der Waals surface area contributed by atoms with Crippen molar-refractivity contribution in [2.45, 2.75) is 32.4 Å². The number of nitrogen functional groups attached to an aromatic ring is 1. The Hall–Kier alpha value is -2.80. The predicted octanol–water partition coefficient (Wildman–Crippen LogP) is 5.30. The summed E-state index contributed by atoms with van der Waals surface area (Å²) in [5, 5.41) is 2.67. The van der Waals surface area contributed by atoms with Crippen LogP contribution in [0.25, 0.3) is 10.8 Å². The summed E-state index contributed by atoms with van der Waals surface area (Å²) in [6, 6.07) is 14.0. The third-order valence-electron chi connectivity index (χ3n) is 5.94. The molecule has 0 fully saturated rings. The Morgan fingerprint density at radius 3 is 2.97 bits per heavy atom. The summed E-state index contributed by atoms with van der Waals surface area (Å²) in [6.45, 7) is 2.57. The molecule has 0 saturated carbocycles. The summed E-state index contributed by atoms with van der Waals surface area (Å²) in [4.78, 5) is 25.6. The number of aromatic nitrogens is 2. The van der Waals surface area contributed by atoms with Crippen molar-refractivity contribution in [3.05, 3.63) is 86.5 Å². The van der Waals surface area contributed by atoms with Crippen molar-refractivity contribution in [1.82, 2.24) is 14.9 Å². The van der Waals surface area contributed by atoms with Crippen LogP contribution in [0.2, 0.25) is 5.02 Å². The lowest BCUT2D eigenvalue weighted by atomic mass is 10.0. The SMILES string of the molecule is Nc1nccc2cc(CCC(=O)c3cc(Cl)c(CN4CCc5ncccc5C4)s3)ccc12. The number of fused-ring (bicyclic) bond motifs is 2. The highest BCUT2D eigenvalue weighted by Gasteiger charge is 2.20. The minimum atomic E-state index is 0.130. The summed E-state index contributed by atoms with van der Waals surface area (Å²) in [5.41, 5.74) is 9.50. The number of halogens is 1. The number of thiophene rings is 1. The van der Waals surface area contributed by atoms with Crippen molar-refractivity contribution in [3.8, 4) is 0 Å². The number of nitrogens with two attached hydrogens (primary N) is 1. The zero-order valence-corrected chi connectivity index (χ0v) is 19.1. The van der Waals surface area contributed by atoms with E-state index in [1.807, 2.05) is 36.5 Å². The number of ketones is 1. The Morgan fingerprint density at radius 2 is 2.06 bits per heavy atom. The topological polar surface area (TPSA) is 72.1 Å². The van der Waals surface area contributed by atoms with Gasteiger partial charge in [0.2, 0.25) is 0 Å². The molecule has 2 N–H and O–H groups in total. The standard InChI is InChI=1S/C25H23ClN4OS/c26-20-13-23(32-24(20)15-30-11-8-21-18(14-30)2-1-9-28-21)22(31)6-4-16-3-5-19-17(12-16)7-10-29-25(19)27/h1-3,5,7,9-10,12-13H,4,6,8,11,14-15H2,(H2,27,29). The number of carbonyl (C=O) groups is 1. The molecule has 32 heavy (non-hydrogen) atoms. The molecule has 5 nitrogen and oxygen atoms in total. The molecule has 0 amide bonds. The van der Waals surface area contributed by atoms with Crippen LogP contribution in [0, 0.1) is 0 Å². The highest BCUT2D eigenvalue weighted by Crippen LogP contribution is 2.31. The van der Waals surface area contributed by atoms with Crippen LogP contribution in [0.3, 0.4) is 0 Å². The van der Waals surface area contributed by atoms with Gasteiger partial charge in [0.15, 0.2) is 5.78 Å². The number of Topliss-reactive ketones (excluding diaryl/α,β-unsaturated/α-hetero) is 1. The molecule has 1 aliphatic heterocycles. The number of rotatable bonds is 6. The molecular weight excluding hydrogens is 440 g/mol. The smallest absolute Gasteiger partial charge is 0.173 e. The molecule has 0 unspecified atom stereocenters. The second-order valence-corrected chi connectivity index (χ2v) is 9.67. The van der Waals surface area contributed by atoms with Crippen LogP contribution in [0.5, 0.6) is 0 Å². The lowest BCUT2D eigenvalue weighted by Gasteiger charge is -2.27. The van der Waals surface area contributed by atoms with Crippen LogP contribution in [0.15, 0.2) is 54.9 Å². The molecule has 1 aromatic carbocycles. The minimum absolute atomic E-state index is 0.130. The first-order valence-electron chi connectivity index (χ1n) is 10.7. The van der Waals surface area contributed by atoms with Gasteiger partial charge in [-0.2, -0.15) is 0 Å². The van der Waals surface area contributed by atoms with Gasteiger partial charge in [-0.25, -0.2) is 4.98 Å². The second kappa shape index (κ2) is 8.98. The molecular formula is C25H23ClN4OS. The average molecular weight is 463 g/mol. The Labute approximate surface area is 195 Å². The fraction of sp³-hybridized carbons (Fsp3) is 0.240.